The first-order valence-corrected chi connectivity index (χ1v) is 10.8. The summed E-state index contributed by atoms with van der Waals surface area (Å²) >= 11 is 2.96. The fourth-order valence-corrected chi connectivity index (χ4v) is 3.73. The molecule has 0 atom stereocenters. The van der Waals surface area contributed by atoms with Crippen molar-refractivity contribution in [3.05, 3.63) is 53.3 Å². The van der Waals surface area contributed by atoms with E-state index in [0.717, 1.165) is 16.6 Å². The Morgan fingerprint density at radius 2 is 1.82 bits per heavy atom. The summed E-state index contributed by atoms with van der Waals surface area (Å²) in [6.45, 7) is 0.521. The number of amides is 1. The Bertz CT molecular complexity index is 818. The maximum absolute atomic E-state index is 12.5. The summed E-state index contributed by atoms with van der Waals surface area (Å²) in [5.41, 5.74) is 1.30. The van der Waals surface area contributed by atoms with Crippen LogP contribution in [0, 0.1) is 0 Å². The number of hydrogen-bond donors (Lipinski definition) is 1. The molecule has 1 aromatic carbocycles. The second-order valence-electron chi connectivity index (χ2n) is 6.11. The van der Waals surface area contributed by atoms with Crippen molar-refractivity contribution in [2.45, 2.75) is 23.2 Å². The normalized spacial score (nSPS) is 11.5. The van der Waals surface area contributed by atoms with Crippen LogP contribution in [0.25, 0.3) is 0 Å². The molecule has 0 fully saturated rings. The zero-order valence-electron chi connectivity index (χ0n) is 15.5. The monoisotopic (exact) mass is 430 g/mol. The van der Waals surface area contributed by atoms with Crippen molar-refractivity contribution in [3.63, 3.8) is 0 Å². The van der Waals surface area contributed by atoms with Crippen LogP contribution in [0.15, 0.2) is 41.4 Å². The van der Waals surface area contributed by atoms with Crippen LogP contribution in [0.5, 0.6) is 0 Å². The van der Waals surface area contributed by atoms with Crippen LogP contribution in [0.2, 0.25) is 0 Å². The average Bonchev–Trinajstić information content (AvgIpc) is 3.01. The van der Waals surface area contributed by atoms with Crippen LogP contribution in [-0.2, 0) is 24.0 Å². The largest absolute Gasteiger partial charge is 0.456 e. The minimum absolute atomic E-state index is 0.131. The zero-order chi connectivity index (χ0) is 20.7. The van der Waals surface area contributed by atoms with Gasteiger partial charge in [-0.3, -0.25) is 9.59 Å². The topological polar surface area (TPSA) is 51.1 Å². The number of thioether (sulfide) groups is 2. The van der Waals surface area contributed by atoms with Crippen LogP contribution < -0.4 is 5.32 Å². The van der Waals surface area contributed by atoms with Gasteiger partial charge in [-0.05, 0) is 42.0 Å². The lowest BCUT2D eigenvalue weighted by Gasteiger charge is -2.06. The second kappa shape index (κ2) is 10.1. The van der Waals surface area contributed by atoms with Gasteiger partial charge in [0.1, 0.15) is 0 Å². The van der Waals surface area contributed by atoms with Gasteiger partial charge in [0.15, 0.2) is 0 Å². The van der Waals surface area contributed by atoms with Crippen LogP contribution in [-0.4, -0.2) is 41.0 Å². The Balaban J connectivity index is 1.72. The summed E-state index contributed by atoms with van der Waals surface area (Å²) in [6, 6.07) is 9.35. The van der Waals surface area contributed by atoms with Crippen LogP contribution in [0.1, 0.15) is 21.6 Å². The quantitative estimate of drug-likeness (QED) is 0.481. The number of nitrogens with one attached hydrogen (secondary N) is 1. The first-order chi connectivity index (χ1) is 13.2. The van der Waals surface area contributed by atoms with Crippen LogP contribution >= 0.6 is 23.5 Å². The highest BCUT2D eigenvalue weighted by atomic mass is 32.2. The second-order valence-corrected chi connectivity index (χ2v) is 7.98. The Morgan fingerprint density at radius 3 is 2.43 bits per heavy atom. The van der Waals surface area contributed by atoms with Crippen molar-refractivity contribution in [2.24, 2.45) is 7.05 Å². The number of benzene rings is 1. The third-order valence-electron chi connectivity index (χ3n) is 3.95. The summed E-state index contributed by atoms with van der Waals surface area (Å²) in [5, 5.41) is 2.83. The van der Waals surface area contributed by atoms with Crippen molar-refractivity contribution in [1.82, 2.24) is 9.88 Å². The van der Waals surface area contributed by atoms with Gasteiger partial charge in [0.2, 0.25) is 5.91 Å². The Hall–Kier alpha value is -1.87. The molecule has 1 aromatic heterocycles. The lowest BCUT2D eigenvalue weighted by atomic mass is 10.1. The number of nitrogens with zero attached hydrogens (tertiary/aromatic N) is 1. The zero-order valence-corrected chi connectivity index (χ0v) is 17.1. The van der Waals surface area contributed by atoms with E-state index >= 15 is 0 Å². The highest BCUT2D eigenvalue weighted by molar-refractivity contribution is 7.99. The number of alkyl halides is 3. The molecule has 2 rings (SSSR count). The summed E-state index contributed by atoms with van der Waals surface area (Å²) in [4.78, 5) is 24.4. The molecule has 9 heteroatoms. The molecule has 0 radical (unpaired) electrons. The first-order valence-electron chi connectivity index (χ1n) is 8.45. The molecule has 1 N–H and O–H groups in total. The van der Waals surface area contributed by atoms with Gasteiger partial charge in [-0.1, -0.05) is 12.1 Å². The molecule has 0 bridgehead atoms. The minimum Gasteiger partial charge on any atom is -0.355 e. The number of Topliss-reactive ketones (excluding diaryl/α,β-unsaturated/α-hetero) is 1. The molecule has 1 heterocycles. The number of halogens is 3. The SMILES string of the molecule is CSc1ccc(CCNC(=O)CSCc2cc(C(=O)C(F)(F)F)n(C)c2)cc1. The number of ketones is 1. The molecule has 2 aromatic rings. The molecule has 0 saturated heterocycles. The third kappa shape index (κ3) is 6.63. The predicted molar refractivity (Wildman–Crippen MR) is 107 cm³/mol. The van der Waals surface area contributed by atoms with Gasteiger partial charge in [0, 0.05) is 30.4 Å². The van der Waals surface area contributed by atoms with E-state index in [9.17, 15) is 22.8 Å². The van der Waals surface area contributed by atoms with E-state index in [1.54, 1.807) is 11.8 Å². The van der Waals surface area contributed by atoms with Gasteiger partial charge in [-0.25, -0.2) is 0 Å². The van der Waals surface area contributed by atoms with Crippen molar-refractivity contribution >= 4 is 35.2 Å². The number of hydrogen-bond acceptors (Lipinski definition) is 4. The van der Waals surface area contributed by atoms with E-state index in [-0.39, 0.29) is 11.7 Å². The lowest BCUT2D eigenvalue weighted by molar-refractivity contribution is -0.118. The number of carbonyl (C=O) groups is 2. The van der Waals surface area contributed by atoms with E-state index in [0.29, 0.717) is 17.9 Å². The van der Waals surface area contributed by atoms with E-state index in [4.69, 9.17) is 0 Å². The number of aromatic nitrogens is 1. The molecule has 0 unspecified atom stereocenters. The van der Waals surface area contributed by atoms with Gasteiger partial charge >= 0.3 is 6.18 Å². The minimum atomic E-state index is -4.90. The summed E-state index contributed by atoms with van der Waals surface area (Å²) in [5.74, 6) is -1.45. The number of carbonyl (C=O) groups excluding carboxylic acids is 2. The summed E-state index contributed by atoms with van der Waals surface area (Å²) in [7, 11) is 1.39. The highest BCUT2D eigenvalue weighted by Crippen LogP contribution is 2.24. The van der Waals surface area contributed by atoms with Crippen molar-refractivity contribution in [1.29, 1.82) is 0 Å². The summed E-state index contributed by atoms with van der Waals surface area (Å²) in [6.07, 6.45) is -0.682. The maximum Gasteiger partial charge on any atom is 0.456 e. The predicted octanol–water partition coefficient (Wildman–Crippen LogP) is 4.08. The molecule has 0 saturated carbocycles. The van der Waals surface area contributed by atoms with Crippen molar-refractivity contribution < 1.29 is 22.8 Å². The summed E-state index contributed by atoms with van der Waals surface area (Å²) < 4.78 is 38.8. The third-order valence-corrected chi connectivity index (χ3v) is 5.70. The Morgan fingerprint density at radius 1 is 1.14 bits per heavy atom. The Kier molecular flexibility index (Phi) is 8.06. The van der Waals surface area contributed by atoms with Crippen molar-refractivity contribution in [3.8, 4) is 0 Å². The molecule has 0 spiro atoms. The van der Waals surface area contributed by atoms with Gasteiger partial charge in [-0.15, -0.1) is 23.5 Å². The van der Waals surface area contributed by atoms with Crippen LogP contribution in [0.3, 0.4) is 0 Å². The molecule has 28 heavy (non-hydrogen) atoms. The fourth-order valence-electron chi connectivity index (χ4n) is 2.53. The smallest absolute Gasteiger partial charge is 0.355 e. The molecule has 152 valence electrons. The molecular formula is C19H21F3N2O2S2. The van der Waals surface area contributed by atoms with E-state index in [1.807, 2.05) is 30.5 Å². The van der Waals surface area contributed by atoms with Gasteiger partial charge in [0.25, 0.3) is 5.78 Å². The molecule has 0 aliphatic carbocycles. The number of rotatable bonds is 9. The fraction of sp³-hybridized carbons (Fsp3) is 0.368. The number of aryl methyl sites for hydroxylation is 1. The standard InChI is InChI=1S/C19H21F3N2O2S2/c1-24-10-14(9-16(24)18(26)19(20,21)22)11-28-12-17(25)23-8-7-13-3-5-15(27-2)6-4-13/h3-6,9-10H,7-8,11-12H2,1-2H3,(H,23,25). The van der Waals surface area contributed by atoms with E-state index in [2.05, 4.69) is 5.32 Å². The molecule has 1 amide bonds. The maximum atomic E-state index is 12.5. The lowest BCUT2D eigenvalue weighted by Crippen LogP contribution is -2.27. The molecule has 0 aliphatic heterocycles. The first kappa shape index (κ1) is 22.4. The molecular weight excluding hydrogens is 409 g/mol. The molecule has 4 nitrogen and oxygen atoms in total. The van der Waals surface area contributed by atoms with Crippen LogP contribution in [0.4, 0.5) is 13.2 Å². The van der Waals surface area contributed by atoms with Gasteiger partial charge in [-0.2, -0.15) is 13.2 Å². The van der Waals surface area contributed by atoms with Crippen molar-refractivity contribution in [2.75, 3.05) is 18.6 Å². The highest BCUT2D eigenvalue weighted by Gasteiger charge is 2.40. The molecule has 0 aliphatic rings. The van der Waals surface area contributed by atoms with Gasteiger partial charge in [0.05, 0.1) is 11.4 Å². The van der Waals surface area contributed by atoms with E-state index in [1.165, 1.54) is 36.0 Å². The van der Waals surface area contributed by atoms with Gasteiger partial charge < -0.3 is 9.88 Å². The van der Waals surface area contributed by atoms with E-state index < -0.39 is 17.7 Å². The Labute approximate surface area is 170 Å². The average molecular weight is 431 g/mol.